The topological polar surface area (TPSA) is 57.8 Å². The van der Waals surface area contributed by atoms with Crippen LogP contribution in [0.15, 0.2) is 48.5 Å². The van der Waals surface area contributed by atoms with E-state index in [9.17, 15) is 4.79 Å². The summed E-state index contributed by atoms with van der Waals surface area (Å²) in [6.07, 6.45) is 0. The zero-order valence-electron chi connectivity index (χ0n) is 12.5. The van der Waals surface area contributed by atoms with Crippen LogP contribution in [0.3, 0.4) is 0 Å². The summed E-state index contributed by atoms with van der Waals surface area (Å²) < 4.78 is 0. The van der Waals surface area contributed by atoms with Crippen molar-refractivity contribution in [2.24, 2.45) is 0 Å². The summed E-state index contributed by atoms with van der Waals surface area (Å²) in [7, 11) is 0. The van der Waals surface area contributed by atoms with Gasteiger partial charge in [-0.25, -0.2) is 4.98 Å². The summed E-state index contributed by atoms with van der Waals surface area (Å²) in [5, 5.41) is 3.18. The zero-order valence-corrected chi connectivity index (χ0v) is 12.5. The fourth-order valence-corrected chi connectivity index (χ4v) is 1.94. The van der Waals surface area contributed by atoms with Crippen molar-refractivity contribution in [1.29, 1.82) is 0 Å². The average Bonchev–Trinajstić information content (AvgIpc) is 2.92. The van der Waals surface area contributed by atoms with E-state index in [0.29, 0.717) is 11.5 Å². The average molecular weight is 281 g/mol. The molecule has 0 bridgehead atoms. The second-order valence-electron chi connectivity index (χ2n) is 4.36. The van der Waals surface area contributed by atoms with Gasteiger partial charge in [-0.2, -0.15) is 0 Å². The number of nitrogens with one attached hydrogen (secondary N) is 2. The first-order valence-corrected chi connectivity index (χ1v) is 7.05. The quantitative estimate of drug-likeness (QED) is 0.693. The second-order valence-corrected chi connectivity index (χ2v) is 4.36. The number of rotatable bonds is 3. The third-order valence-electron chi connectivity index (χ3n) is 2.94. The maximum atomic E-state index is 11.2. The van der Waals surface area contributed by atoms with Gasteiger partial charge in [-0.1, -0.05) is 26.0 Å². The van der Waals surface area contributed by atoms with Crippen LogP contribution in [0, 0.1) is 0 Å². The number of H-pyrrole nitrogens is 1. The number of carbonyl (C=O) groups excluding carboxylic acids is 1. The summed E-state index contributed by atoms with van der Waals surface area (Å²) in [5.41, 5.74) is 3.51. The molecule has 21 heavy (non-hydrogen) atoms. The monoisotopic (exact) mass is 281 g/mol. The van der Waals surface area contributed by atoms with Crippen LogP contribution < -0.4 is 5.32 Å². The highest BCUT2D eigenvalue weighted by Gasteiger charge is 2.03. The fraction of sp³-hybridized carbons (Fsp3) is 0.176. The molecule has 3 rings (SSSR count). The molecule has 0 saturated carbocycles. The van der Waals surface area contributed by atoms with Gasteiger partial charge in [-0.3, -0.25) is 4.79 Å². The van der Waals surface area contributed by atoms with E-state index in [-0.39, 0.29) is 5.78 Å². The number of aromatic amines is 1. The lowest BCUT2D eigenvalue weighted by atomic mass is 10.1. The van der Waals surface area contributed by atoms with Crippen LogP contribution in [0.1, 0.15) is 31.1 Å². The van der Waals surface area contributed by atoms with E-state index in [2.05, 4.69) is 15.3 Å². The van der Waals surface area contributed by atoms with Crippen LogP contribution in [0.4, 0.5) is 11.6 Å². The van der Waals surface area contributed by atoms with Crippen molar-refractivity contribution in [2.45, 2.75) is 20.8 Å². The number of para-hydroxylation sites is 2. The molecule has 0 aliphatic carbocycles. The number of aromatic nitrogens is 2. The maximum Gasteiger partial charge on any atom is 0.205 e. The van der Waals surface area contributed by atoms with Crippen molar-refractivity contribution < 1.29 is 4.79 Å². The predicted octanol–water partition coefficient (Wildman–Crippen LogP) is 4.54. The number of benzene rings is 2. The fourth-order valence-electron chi connectivity index (χ4n) is 1.94. The number of ketones is 1. The van der Waals surface area contributed by atoms with E-state index >= 15 is 0 Å². The van der Waals surface area contributed by atoms with Gasteiger partial charge in [-0.05, 0) is 43.3 Å². The Labute approximate surface area is 124 Å². The molecule has 0 amide bonds. The van der Waals surface area contributed by atoms with Crippen molar-refractivity contribution in [1.82, 2.24) is 9.97 Å². The standard InChI is InChI=1S/C15H13N3O.C2H6/c1-10(19)11-6-8-12(9-7-11)16-15-17-13-4-2-3-5-14(13)18-15;1-2/h2-9H,1H3,(H2,16,17,18);1-2H3. The summed E-state index contributed by atoms with van der Waals surface area (Å²) in [5.74, 6) is 0.757. The van der Waals surface area contributed by atoms with Gasteiger partial charge in [0.05, 0.1) is 11.0 Å². The van der Waals surface area contributed by atoms with E-state index in [4.69, 9.17) is 0 Å². The predicted molar refractivity (Wildman–Crippen MR) is 87.2 cm³/mol. The lowest BCUT2D eigenvalue weighted by molar-refractivity contribution is 0.101. The molecule has 0 aliphatic heterocycles. The Morgan fingerprint density at radius 1 is 1.05 bits per heavy atom. The van der Waals surface area contributed by atoms with Crippen LogP contribution in [-0.2, 0) is 0 Å². The van der Waals surface area contributed by atoms with Crippen LogP contribution >= 0.6 is 0 Å². The molecule has 0 radical (unpaired) electrons. The minimum Gasteiger partial charge on any atom is -0.326 e. The van der Waals surface area contributed by atoms with Gasteiger partial charge in [0, 0.05) is 11.3 Å². The highest BCUT2D eigenvalue weighted by atomic mass is 16.1. The Kier molecular flexibility index (Phi) is 4.72. The summed E-state index contributed by atoms with van der Waals surface area (Å²) in [6.45, 7) is 5.56. The molecule has 2 aromatic carbocycles. The molecule has 0 spiro atoms. The van der Waals surface area contributed by atoms with Crippen molar-refractivity contribution in [3.63, 3.8) is 0 Å². The molecule has 108 valence electrons. The van der Waals surface area contributed by atoms with Crippen LogP contribution in [-0.4, -0.2) is 15.8 Å². The molecular weight excluding hydrogens is 262 g/mol. The number of anilines is 2. The van der Waals surface area contributed by atoms with Gasteiger partial charge in [0.15, 0.2) is 5.78 Å². The molecule has 2 N–H and O–H groups in total. The van der Waals surface area contributed by atoms with E-state index in [1.165, 1.54) is 0 Å². The van der Waals surface area contributed by atoms with Gasteiger partial charge < -0.3 is 10.3 Å². The summed E-state index contributed by atoms with van der Waals surface area (Å²) in [6, 6.07) is 15.2. The van der Waals surface area contributed by atoms with Crippen molar-refractivity contribution in [3.8, 4) is 0 Å². The molecule has 1 heterocycles. The Hall–Kier alpha value is -2.62. The number of nitrogens with zero attached hydrogens (tertiary/aromatic N) is 1. The first kappa shape index (κ1) is 14.8. The molecule has 0 aliphatic rings. The van der Waals surface area contributed by atoms with Gasteiger partial charge in [0.25, 0.3) is 0 Å². The van der Waals surface area contributed by atoms with E-state index in [0.717, 1.165) is 16.7 Å². The molecule has 0 unspecified atom stereocenters. The Morgan fingerprint density at radius 3 is 2.33 bits per heavy atom. The van der Waals surface area contributed by atoms with E-state index in [1.807, 2.05) is 50.2 Å². The minimum absolute atomic E-state index is 0.0651. The number of hydrogen-bond acceptors (Lipinski definition) is 3. The highest BCUT2D eigenvalue weighted by Crippen LogP contribution is 2.18. The summed E-state index contributed by atoms with van der Waals surface area (Å²) >= 11 is 0. The van der Waals surface area contributed by atoms with Crippen LogP contribution in [0.2, 0.25) is 0 Å². The molecule has 0 fully saturated rings. The largest absolute Gasteiger partial charge is 0.326 e. The van der Waals surface area contributed by atoms with Crippen molar-refractivity contribution in [3.05, 3.63) is 54.1 Å². The molecule has 1 aromatic heterocycles. The number of Topliss-reactive ketones (excluding diaryl/α,β-unsaturated/α-hetero) is 1. The highest BCUT2D eigenvalue weighted by molar-refractivity contribution is 5.94. The Morgan fingerprint density at radius 2 is 1.71 bits per heavy atom. The molecule has 4 heteroatoms. The molecule has 0 saturated heterocycles. The van der Waals surface area contributed by atoms with E-state index in [1.54, 1.807) is 19.1 Å². The van der Waals surface area contributed by atoms with Crippen molar-refractivity contribution >= 4 is 28.5 Å². The number of carbonyl (C=O) groups is 1. The number of hydrogen-bond donors (Lipinski definition) is 2. The van der Waals surface area contributed by atoms with Gasteiger partial charge in [0.2, 0.25) is 5.95 Å². The van der Waals surface area contributed by atoms with Crippen molar-refractivity contribution in [2.75, 3.05) is 5.32 Å². The zero-order chi connectivity index (χ0) is 15.2. The third kappa shape index (κ3) is 3.48. The van der Waals surface area contributed by atoms with Crippen LogP contribution in [0.5, 0.6) is 0 Å². The second kappa shape index (κ2) is 6.70. The summed E-state index contributed by atoms with van der Waals surface area (Å²) in [4.78, 5) is 18.8. The third-order valence-corrected chi connectivity index (χ3v) is 2.94. The SMILES string of the molecule is CC.CC(=O)c1ccc(Nc2nc3ccccc3[nH]2)cc1. The van der Waals surface area contributed by atoms with Gasteiger partial charge in [0.1, 0.15) is 0 Å². The first-order chi connectivity index (χ1) is 10.2. The van der Waals surface area contributed by atoms with Gasteiger partial charge >= 0.3 is 0 Å². The lowest BCUT2D eigenvalue weighted by Gasteiger charge is -2.03. The molecule has 0 atom stereocenters. The smallest absolute Gasteiger partial charge is 0.205 e. The number of imidazole rings is 1. The maximum absolute atomic E-state index is 11.2. The Bertz CT molecular complexity index is 696. The normalized spacial score (nSPS) is 9.86. The molecule has 3 aromatic rings. The lowest BCUT2D eigenvalue weighted by Crippen LogP contribution is -1.95. The Balaban J connectivity index is 0.000000774. The first-order valence-electron chi connectivity index (χ1n) is 7.05. The van der Waals surface area contributed by atoms with Crippen LogP contribution in [0.25, 0.3) is 11.0 Å². The molecule has 4 nitrogen and oxygen atoms in total. The minimum atomic E-state index is 0.0651. The van der Waals surface area contributed by atoms with E-state index < -0.39 is 0 Å². The number of fused-ring (bicyclic) bond motifs is 1. The van der Waals surface area contributed by atoms with Gasteiger partial charge in [-0.15, -0.1) is 0 Å². The molecular formula is C17H19N3O.